The molecule has 9 nitrogen and oxygen atoms in total. The molecule has 0 spiro atoms. The number of hydrogen-bond donors (Lipinski definition) is 2. The van der Waals surface area contributed by atoms with Crippen LogP contribution >= 0.6 is 11.8 Å². The number of para-hydroxylation sites is 1. The van der Waals surface area contributed by atoms with Gasteiger partial charge in [-0.25, -0.2) is 4.99 Å². The Hall–Kier alpha value is -3.24. The average molecular weight is 443 g/mol. The second-order valence-corrected chi connectivity index (χ2v) is 8.51. The molecule has 1 fully saturated rings. The number of nitro benzene ring substituents is 1. The maximum absolute atomic E-state index is 13.0. The van der Waals surface area contributed by atoms with Crippen LogP contribution in [0.1, 0.15) is 6.42 Å². The van der Waals surface area contributed by atoms with Crippen LogP contribution in [0.15, 0.2) is 59.6 Å². The first-order valence-electron chi connectivity index (χ1n) is 9.78. The van der Waals surface area contributed by atoms with Crippen LogP contribution < -0.4 is 10.2 Å². The Morgan fingerprint density at radius 1 is 1.23 bits per heavy atom. The van der Waals surface area contributed by atoms with Crippen molar-refractivity contribution in [1.29, 1.82) is 0 Å². The molecule has 2 aromatic rings. The van der Waals surface area contributed by atoms with Crippen LogP contribution in [0.4, 0.5) is 17.1 Å². The van der Waals surface area contributed by atoms with Gasteiger partial charge >= 0.3 is 0 Å². The van der Waals surface area contributed by atoms with Gasteiger partial charge in [-0.3, -0.25) is 24.6 Å². The third-order valence-corrected chi connectivity index (χ3v) is 5.72. The monoisotopic (exact) mass is 442 g/mol. The van der Waals surface area contributed by atoms with E-state index in [2.05, 4.69) is 10.3 Å². The van der Waals surface area contributed by atoms with Gasteiger partial charge in [-0.2, -0.15) is 0 Å². The lowest BCUT2D eigenvalue weighted by atomic mass is 10.2. The number of non-ortho nitro benzene ring substituents is 1. The van der Waals surface area contributed by atoms with Gasteiger partial charge in [-0.1, -0.05) is 36.0 Å². The van der Waals surface area contributed by atoms with Crippen LogP contribution in [-0.2, 0) is 9.59 Å². The summed E-state index contributed by atoms with van der Waals surface area (Å²) in [4.78, 5) is 43.4. The van der Waals surface area contributed by atoms with Gasteiger partial charge in [0.25, 0.3) is 5.69 Å². The summed E-state index contributed by atoms with van der Waals surface area (Å²) in [5.41, 5.74) is 0.946. The van der Waals surface area contributed by atoms with E-state index in [-0.39, 0.29) is 23.9 Å². The zero-order chi connectivity index (χ0) is 22.4. The lowest BCUT2D eigenvalue weighted by Crippen LogP contribution is -3.06. The summed E-state index contributed by atoms with van der Waals surface area (Å²) in [5.74, 6) is -0.541. The Bertz CT molecular complexity index is 996. The molecule has 3 rings (SSSR count). The molecule has 1 aliphatic heterocycles. The van der Waals surface area contributed by atoms with Crippen molar-refractivity contribution >= 4 is 45.8 Å². The van der Waals surface area contributed by atoms with Crippen molar-refractivity contribution in [2.45, 2.75) is 11.7 Å². The molecule has 0 aliphatic carbocycles. The second-order valence-electron chi connectivity index (χ2n) is 7.34. The summed E-state index contributed by atoms with van der Waals surface area (Å²) in [6, 6.07) is 15.1. The molecule has 0 bridgehead atoms. The van der Waals surface area contributed by atoms with E-state index in [1.165, 1.54) is 34.9 Å². The molecule has 0 radical (unpaired) electrons. The maximum atomic E-state index is 13.0. The van der Waals surface area contributed by atoms with Crippen LogP contribution in [0, 0.1) is 10.1 Å². The van der Waals surface area contributed by atoms with Gasteiger partial charge in [0, 0.05) is 24.2 Å². The van der Waals surface area contributed by atoms with Crippen molar-refractivity contribution in [3.05, 3.63) is 64.7 Å². The van der Waals surface area contributed by atoms with E-state index >= 15 is 0 Å². The van der Waals surface area contributed by atoms with E-state index in [9.17, 15) is 19.7 Å². The smallest absolute Gasteiger partial charge is 0.271 e. The van der Waals surface area contributed by atoms with Crippen molar-refractivity contribution in [1.82, 2.24) is 4.90 Å². The number of aliphatic imine (C=N–C) groups is 1. The van der Waals surface area contributed by atoms with Crippen molar-refractivity contribution in [2.75, 3.05) is 32.5 Å². The summed E-state index contributed by atoms with van der Waals surface area (Å²) in [5, 5.41) is 13.5. The largest absolute Gasteiger partial charge is 0.338 e. The molecule has 1 aliphatic rings. The second kappa shape index (κ2) is 10.2. The normalized spacial score (nSPS) is 17.4. The highest BCUT2D eigenvalue weighted by atomic mass is 32.2. The highest BCUT2D eigenvalue weighted by Gasteiger charge is 2.39. The summed E-state index contributed by atoms with van der Waals surface area (Å²) in [6.45, 7) is 1.25. The fourth-order valence-electron chi connectivity index (χ4n) is 2.96. The Kier molecular flexibility index (Phi) is 7.37. The summed E-state index contributed by atoms with van der Waals surface area (Å²) in [6.07, 6.45) is -0.0503. The standard InChI is InChI=1S/C21H23N5O4S/c1-24(2)11-12-25-20(28)18(31-21(25)23-15-7-4-3-5-8-15)14-19(27)22-16-9-6-10-17(13-16)26(29)30/h3-10,13,18H,11-12,14H2,1-2H3,(H,22,27)/p+1/t18-/m0/s1. The molecule has 10 heteroatoms. The first-order chi connectivity index (χ1) is 14.8. The molecular formula is C21H24N5O4S+. The molecule has 2 aromatic carbocycles. The van der Waals surface area contributed by atoms with Gasteiger partial charge in [0.05, 0.1) is 37.8 Å². The van der Waals surface area contributed by atoms with Crippen molar-refractivity contribution in [3.8, 4) is 0 Å². The summed E-state index contributed by atoms with van der Waals surface area (Å²) < 4.78 is 0. The zero-order valence-electron chi connectivity index (χ0n) is 17.3. The number of thioether (sulfide) groups is 1. The van der Waals surface area contributed by atoms with Gasteiger partial charge in [-0.15, -0.1) is 0 Å². The molecule has 0 aromatic heterocycles. The van der Waals surface area contributed by atoms with Crippen LogP contribution in [0.25, 0.3) is 0 Å². The molecule has 1 saturated heterocycles. The summed E-state index contributed by atoms with van der Waals surface area (Å²) >= 11 is 1.27. The number of hydrogen-bond acceptors (Lipinski definition) is 6. The molecule has 31 heavy (non-hydrogen) atoms. The van der Waals surface area contributed by atoms with Gasteiger partial charge in [-0.05, 0) is 18.2 Å². The number of quaternary nitrogens is 1. The number of carbonyl (C=O) groups is 2. The van der Waals surface area contributed by atoms with E-state index in [1.807, 2.05) is 44.4 Å². The maximum Gasteiger partial charge on any atom is 0.271 e. The number of amides is 2. The van der Waals surface area contributed by atoms with E-state index in [0.29, 0.717) is 17.4 Å². The van der Waals surface area contributed by atoms with E-state index in [0.717, 1.165) is 12.2 Å². The Morgan fingerprint density at radius 3 is 2.65 bits per heavy atom. The minimum Gasteiger partial charge on any atom is -0.338 e. The number of nitrogens with zero attached hydrogens (tertiary/aromatic N) is 3. The first-order valence-corrected chi connectivity index (χ1v) is 10.7. The quantitative estimate of drug-likeness (QED) is 0.478. The molecule has 2 N–H and O–H groups in total. The fraction of sp³-hybridized carbons (Fsp3) is 0.286. The zero-order valence-corrected chi connectivity index (χ0v) is 18.1. The number of amidine groups is 1. The Balaban J connectivity index is 1.72. The molecule has 0 saturated carbocycles. The SMILES string of the molecule is C[NH+](C)CCN1C(=O)[C@H](CC(=O)Nc2cccc([N+](=O)[O-])c2)SC1=Nc1ccccc1. The third-order valence-electron chi connectivity index (χ3n) is 4.55. The minimum atomic E-state index is -0.599. The minimum absolute atomic E-state index is 0.0503. The predicted octanol–water partition coefficient (Wildman–Crippen LogP) is 1.70. The van der Waals surface area contributed by atoms with Gasteiger partial charge < -0.3 is 10.2 Å². The molecule has 1 heterocycles. The van der Waals surface area contributed by atoms with Crippen molar-refractivity contribution in [2.24, 2.45) is 4.99 Å². The van der Waals surface area contributed by atoms with Crippen molar-refractivity contribution < 1.29 is 19.4 Å². The first kappa shape index (κ1) is 22.4. The van der Waals surface area contributed by atoms with Gasteiger partial charge in [0.15, 0.2) is 5.17 Å². The number of nitro groups is 1. The van der Waals surface area contributed by atoms with Gasteiger partial charge in [0.1, 0.15) is 5.25 Å². The Labute approximate surface area is 184 Å². The highest BCUT2D eigenvalue weighted by Crippen LogP contribution is 2.31. The molecule has 2 amide bonds. The number of benzene rings is 2. The number of anilines is 1. The fourth-order valence-corrected chi connectivity index (χ4v) is 4.14. The predicted molar refractivity (Wildman–Crippen MR) is 121 cm³/mol. The topological polar surface area (TPSA) is 109 Å². The number of rotatable bonds is 8. The number of nitrogens with one attached hydrogen (secondary N) is 2. The highest BCUT2D eigenvalue weighted by molar-refractivity contribution is 8.15. The van der Waals surface area contributed by atoms with Crippen LogP contribution in [0.3, 0.4) is 0 Å². The van der Waals surface area contributed by atoms with Crippen LogP contribution in [0.5, 0.6) is 0 Å². The molecule has 0 unspecified atom stereocenters. The average Bonchev–Trinajstić information content (AvgIpc) is 3.01. The number of likely N-dealkylation sites (N-methyl/N-ethyl adjacent to an activating group) is 1. The molecule has 162 valence electrons. The lowest BCUT2D eigenvalue weighted by molar-refractivity contribution is -0.857. The molecule has 1 atom stereocenters. The Morgan fingerprint density at radius 2 is 1.97 bits per heavy atom. The van der Waals surface area contributed by atoms with E-state index in [1.54, 1.807) is 11.0 Å². The molecular weight excluding hydrogens is 418 g/mol. The van der Waals surface area contributed by atoms with Crippen LogP contribution in [-0.4, -0.2) is 59.2 Å². The van der Waals surface area contributed by atoms with Crippen LogP contribution in [0.2, 0.25) is 0 Å². The third kappa shape index (κ3) is 6.12. The van der Waals surface area contributed by atoms with E-state index in [4.69, 9.17) is 0 Å². The number of carbonyl (C=O) groups excluding carboxylic acids is 2. The van der Waals surface area contributed by atoms with Gasteiger partial charge in [0.2, 0.25) is 11.8 Å². The lowest BCUT2D eigenvalue weighted by Gasteiger charge is -2.17. The van der Waals surface area contributed by atoms with E-state index < -0.39 is 10.2 Å². The van der Waals surface area contributed by atoms with Crippen molar-refractivity contribution in [3.63, 3.8) is 0 Å². The summed E-state index contributed by atoms with van der Waals surface area (Å²) in [7, 11) is 4.01.